The zero-order chi connectivity index (χ0) is 14.7. The Kier molecular flexibility index (Phi) is 2.73. The first-order valence-corrected chi connectivity index (χ1v) is 7.75. The van der Waals surface area contributed by atoms with Gasteiger partial charge in [-0.25, -0.2) is 0 Å². The van der Waals surface area contributed by atoms with Crippen molar-refractivity contribution in [2.45, 2.75) is 0 Å². The van der Waals surface area contributed by atoms with Crippen LogP contribution in [0, 0.1) is 0 Å². The minimum atomic E-state index is -0.232. The minimum absolute atomic E-state index is 0.213. The van der Waals surface area contributed by atoms with Gasteiger partial charge in [-0.05, 0) is 18.2 Å². The van der Waals surface area contributed by atoms with Crippen LogP contribution in [0.2, 0.25) is 10.0 Å². The molecule has 0 amide bonds. The van der Waals surface area contributed by atoms with Crippen molar-refractivity contribution in [2.75, 3.05) is 0 Å². The van der Waals surface area contributed by atoms with Gasteiger partial charge in [0, 0.05) is 10.1 Å². The standard InChI is InChI=1S/C16H6Cl2O2S/c17-8-5-6-9(18)13-12(8)14(19)11-7-3-1-2-4-10(7)21-16(11)15(13)20/h1-6H. The van der Waals surface area contributed by atoms with Crippen LogP contribution in [0.5, 0.6) is 0 Å². The summed E-state index contributed by atoms with van der Waals surface area (Å²) in [5.74, 6) is -0.460. The van der Waals surface area contributed by atoms with Gasteiger partial charge in [-0.1, -0.05) is 41.4 Å². The SMILES string of the molecule is O=C1c2sc3ccccc3c2C(=O)c2c(Cl)ccc(Cl)c21. The van der Waals surface area contributed by atoms with Crippen molar-refractivity contribution in [2.24, 2.45) is 0 Å². The number of ketones is 2. The fourth-order valence-corrected chi connectivity index (χ4v) is 4.30. The summed E-state index contributed by atoms with van der Waals surface area (Å²) in [5.41, 5.74) is 0.871. The summed E-state index contributed by atoms with van der Waals surface area (Å²) in [7, 11) is 0. The van der Waals surface area contributed by atoms with E-state index in [1.807, 2.05) is 24.3 Å². The lowest BCUT2D eigenvalue weighted by Gasteiger charge is -2.16. The van der Waals surface area contributed by atoms with Crippen molar-refractivity contribution in [3.63, 3.8) is 0 Å². The van der Waals surface area contributed by atoms with Crippen molar-refractivity contribution in [3.05, 3.63) is 68.0 Å². The minimum Gasteiger partial charge on any atom is -0.288 e. The Morgan fingerprint density at radius 3 is 2.10 bits per heavy atom. The van der Waals surface area contributed by atoms with E-state index in [9.17, 15) is 9.59 Å². The van der Waals surface area contributed by atoms with Crippen molar-refractivity contribution >= 4 is 56.2 Å². The molecule has 4 rings (SSSR count). The molecule has 2 aromatic carbocycles. The average molecular weight is 333 g/mol. The number of thiophene rings is 1. The zero-order valence-corrected chi connectivity index (χ0v) is 12.8. The summed E-state index contributed by atoms with van der Waals surface area (Å²) in [4.78, 5) is 26.0. The third-order valence-corrected chi connectivity index (χ3v) is 5.39. The maximum absolute atomic E-state index is 12.8. The van der Waals surface area contributed by atoms with E-state index in [0.29, 0.717) is 10.4 Å². The molecule has 1 aromatic heterocycles. The molecule has 102 valence electrons. The van der Waals surface area contributed by atoms with Gasteiger partial charge in [0.05, 0.1) is 31.6 Å². The van der Waals surface area contributed by atoms with Gasteiger partial charge in [-0.2, -0.15) is 0 Å². The van der Waals surface area contributed by atoms with E-state index in [1.165, 1.54) is 11.3 Å². The van der Waals surface area contributed by atoms with Crippen molar-refractivity contribution < 1.29 is 9.59 Å². The first-order chi connectivity index (χ1) is 10.1. The van der Waals surface area contributed by atoms with Crippen molar-refractivity contribution in [1.29, 1.82) is 0 Å². The highest BCUT2D eigenvalue weighted by Crippen LogP contribution is 2.42. The molecule has 0 saturated carbocycles. The Bertz CT molecular complexity index is 956. The summed E-state index contributed by atoms with van der Waals surface area (Å²) in [5, 5.41) is 1.31. The van der Waals surface area contributed by atoms with Crippen LogP contribution in [0.4, 0.5) is 0 Å². The van der Waals surface area contributed by atoms with Gasteiger partial charge in [0.15, 0.2) is 5.78 Å². The van der Waals surface area contributed by atoms with Gasteiger partial charge in [0.25, 0.3) is 0 Å². The largest absolute Gasteiger partial charge is 0.288 e. The van der Waals surface area contributed by atoms with Gasteiger partial charge in [-0.3, -0.25) is 9.59 Å². The van der Waals surface area contributed by atoms with Crippen LogP contribution >= 0.6 is 34.5 Å². The number of hydrogen-bond acceptors (Lipinski definition) is 3. The maximum Gasteiger partial charge on any atom is 0.206 e. The molecule has 0 radical (unpaired) electrons. The lowest BCUT2D eigenvalue weighted by Crippen LogP contribution is -2.20. The fraction of sp³-hybridized carbons (Fsp3) is 0. The monoisotopic (exact) mass is 332 g/mol. The highest BCUT2D eigenvalue weighted by atomic mass is 35.5. The smallest absolute Gasteiger partial charge is 0.206 e. The summed E-state index contributed by atoms with van der Waals surface area (Å²) in [6.45, 7) is 0. The van der Waals surface area contributed by atoms with Crippen LogP contribution in [0.15, 0.2) is 36.4 Å². The molecular formula is C16H6Cl2O2S. The molecule has 0 saturated heterocycles. The first kappa shape index (κ1) is 13.0. The third-order valence-electron chi connectivity index (χ3n) is 3.59. The fourth-order valence-electron chi connectivity index (χ4n) is 2.67. The Balaban J connectivity index is 2.15. The summed E-state index contributed by atoms with van der Waals surface area (Å²) in [6, 6.07) is 10.6. The van der Waals surface area contributed by atoms with Gasteiger partial charge >= 0.3 is 0 Å². The van der Waals surface area contributed by atoms with Crippen LogP contribution in [0.1, 0.15) is 31.2 Å². The molecule has 0 unspecified atom stereocenters. The highest BCUT2D eigenvalue weighted by Gasteiger charge is 2.36. The van der Waals surface area contributed by atoms with Crippen LogP contribution < -0.4 is 0 Å². The molecule has 1 heterocycles. The molecule has 0 fully saturated rings. The van der Waals surface area contributed by atoms with E-state index >= 15 is 0 Å². The Morgan fingerprint density at radius 1 is 0.762 bits per heavy atom. The van der Waals surface area contributed by atoms with Crippen LogP contribution in [-0.2, 0) is 0 Å². The molecule has 3 aromatic rings. The second-order valence-electron chi connectivity index (χ2n) is 4.74. The molecular weight excluding hydrogens is 327 g/mol. The summed E-state index contributed by atoms with van der Waals surface area (Å²) in [6.07, 6.45) is 0. The van der Waals surface area contributed by atoms with Gasteiger partial charge in [0.2, 0.25) is 5.78 Å². The summed E-state index contributed by atoms with van der Waals surface area (Å²) >= 11 is 13.6. The first-order valence-electron chi connectivity index (χ1n) is 6.18. The molecule has 2 nitrogen and oxygen atoms in total. The van der Waals surface area contributed by atoms with Gasteiger partial charge in [-0.15, -0.1) is 11.3 Å². The molecule has 21 heavy (non-hydrogen) atoms. The number of hydrogen-bond donors (Lipinski definition) is 0. The van der Waals surface area contributed by atoms with Gasteiger partial charge < -0.3 is 0 Å². The molecule has 0 bridgehead atoms. The number of rotatable bonds is 0. The Hall–Kier alpha value is -1.68. The normalized spacial score (nSPS) is 13.4. The zero-order valence-electron chi connectivity index (χ0n) is 10.4. The van der Waals surface area contributed by atoms with Gasteiger partial charge in [0.1, 0.15) is 0 Å². The van der Waals surface area contributed by atoms with Crippen LogP contribution in [0.25, 0.3) is 10.1 Å². The molecule has 0 spiro atoms. The lowest BCUT2D eigenvalue weighted by molar-refractivity contribution is 0.0983. The van der Waals surface area contributed by atoms with Crippen molar-refractivity contribution in [3.8, 4) is 0 Å². The number of benzene rings is 2. The second-order valence-corrected chi connectivity index (χ2v) is 6.61. The number of halogens is 2. The molecule has 5 heteroatoms. The van der Waals surface area contributed by atoms with E-state index in [-0.39, 0.29) is 32.7 Å². The topological polar surface area (TPSA) is 34.1 Å². The van der Waals surface area contributed by atoms with Crippen LogP contribution in [-0.4, -0.2) is 11.6 Å². The maximum atomic E-state index is 12.8. The van der Waals surface area contributed by atoms with E-state index in [4.69, 9.17) is 23.2 Å². The number of fused-ring (bicyclic) bond motifs is 4. The molecule has 1 aliphatic rings. The molecule has 0 atom stereocenters. The Morgan fingerprint density at radius 2 is 1.38 bits per heavy atom. The Labute approximate surface area is 133 Å². The molecule has 1 aliphatic carbocycles. The number of carbonyl (C=O) groups excluding carboxylic acids is 2. The lowest BCUT2D eigenvalue weighted by atomic mass is 9.87. The van der Waals surface area contributed by atoms with E-state index < -0.39 is 0 Å². The molecule has 0 N–H and O–H groups in total. The van der Waals surface area contributed by atoms with Crippen LogP contribution in [0.3, 0.4) is 0 Å². The van der Waals surface area contributed by atoms with Crippen molar-refractivity contribution in [1.82, 2.24) is 0 Å². The predicted octanol–water partition coefficient (Wildman–Crippen LogP) is 4.98. The average Bonchev–Trinajstić information content (AvgIpc) is 2.87. The van der Waals surface area contributed by atoms with E-state index in [0.717, 1.165) is 10.1 Å². The second kappa shape index (κ2) is 4.41. The quantitative estimate of drug-likeness (QED) is 0.455. The van der Waals surface area contributed by atoms with E-state index in [1.54, 1.807) is 12.1 Å². The highest BCUT2D eigenvalue weighted by molar-refractivity contribution is 7.21. The van der Waals surface area contributed by atoms with E-state index in [2.05, 4.69) is 0 Å². The third kappa shape index (κ3) is 1.65. The predicted molar refractivity (Wildman–Crippen MR) is 85.2 cm³/mol. The summed E-state index contributed by atoms with van der Waals surface area (Å²) < 4.78 is 0.907. The number of carbonyl (C=O) groups is 2. The molecule has 0 aliphatic heterocycles.